The van der Waals surface area contributed by atoms with Crippen LogP contribution < -0.4 is 0 Å². The molecule has 0 radical (unpaired) electrons. The van der Waals surface area contributed by atoms with Crippen LogP contribution in [0.3, 0.4) is 0 Å². The van der Waals surface area contributed by atoms with Crippen LogP contribution in [0.25, 0.3) is 0 Å². The second-order valence-corrected chi connectivity index (χ2v) is 5.62. The third kappa shape index (κ3) is 2.89. The molecule has 2 rings (SSSR count). The first-order valence-electron chi connectivity index (χ1n) is 5.89. The van der Waals surface area contributed by atoms with E-state index >= 15 is 0 Å². The van der Waals surface area contributed by atoms with Crippen LogP contribution in [0.15, 0.2) is 12.5 Å². The summed E-state index contributed by atoms with van der Waals surface area (Å²) in [4.78, 5) is 12.0. The van der Waals surface area contributed by atoms with E-state index in [1.54, 1.807) is 12.5 Å². The Bertz CT molecular complexity index is 289. The number of ether oxygens (including phenoxy) is 3. The monoisotopic (exact) mass is 258 g/mol. The topological polar surface area (TPSA) is 44.8 Å². The number of rotatable bonds is 4. The van der Waals surface area contributed by atoms with E-state index in [2.05, 4.69) is 0 Å². The van der Waals surface area contributed by atoms with Crippen LogP contribution in [0.5, 0.6) is 0 Å². The van der Waals surface area contributed by atoms with Crippen molar-refractivity contribution < 1.29 is 19.0 Å². The number of hydrogen-bond donors (Lipinski definition) is 0. The van der Waals surface area contributed by atoms with Crippen molar-refractivity contribution in [2.75, 3.05) is 18.6 Å². The van der Waals surface area contributed by atoms with Gasteiger partial charge in [-0.3, -0.25) is 4.79 Å². The summed E-state index contributed by atoms with van der Waals surface area (Å²) in [6.45, 7) is 0. The fourth-order valence-electron chi connectivity index (χ4n) is 2.34. The zero-order valence-electron chi connectivity index (χ0n) is 10.0. The van der Waals surface area contributed by atoms with Gasteiger partial charge >= 0.3 is 5.97 Å². The average molecular weight is 258 g/mol. The van der Waals surface area contributed by atoms with Crippen LogP contribution in [0.4, 0.5) is 0 Å². The first-order chi connectivity index (χ1) is 8.27. The molecule has 2 aliphatic heterocycles. The second-order valence-electron chi connectivity index (χ2n) is 4.40. The molecule has 0 aromatic rings. The maximum absolute atomic E-state index is 12.0. The maximum atomic E-state index is 12.0. The van der Waals surface area contributed by atoms with Gasteiger partial charge in [0, 0.05) is 6.42 Å². The second kappa shape index (κ2) is 5.67. The minimum absolute atomic E-state index is 0.0799. The van der Waals surface area contributed by atoms with Crippen molar-refractivity contribution in [1.82, 2.24) is 0 Å². The van der Waals surface area contributed by atoms with Gasteiger partial charge in [-0.05, 0) is 30.8 Å². The predicted octanol–water partition coefficient (Wildman–Crippen LogP) is 2.30. The van der Waals surface area contributed by atoms with E-state index in [0.29, 0.717) is 0 Å². The highest BCUT2D eigenvalue weighted by Gasteiger charge is 2.41. The molecular weight excluding hydrogens is 240 g/mol. The summed E-state index contributed by atoms with van der Waals surface area (Å²) in [5, 5.41) is 0. The van der Waals surface area contributed by atoms with Crippen LogP contribution >= 0.6 is 11.8 Å². The Labute approximate surface area is 106 Å². The molecule has 0 bridgehead atoms. The van der Waals surface area contributed by atoms with Gasteiger partial charge in [-0.2, -0.15) is 11.8 Å². The number of carbonyl (C=O) groups is 1. The number of esters is 1. The fourth-order valence-corrected chi connectivity index (χ4v) is 3.61. The molecule has 0 spiro atoms. The minimum Gasteiger partial charge on any atom is -0.469 e. The van der Waals surface area contributed by atoms with Gasteiger partial charge in [-0.1, -0.05) is 0 Å². The van der Waals surface area contributed by atoms with Gasteiger partial charge in [0.15, 0.2) is 0 Å². The first kappa shape index (κ1) is 12.6. The number of carbonyl (C=O) groups excluding carboxylic acids is 1. The van der Waals surface area contributed by atoms with E-state index in [4.69, 9.17) is 14.2 Å². The molecule has 0 amide bonds. The minimum atomic E-state index is -0.324. The lowest BCUT2D eigenvalue weighted by Crippen LogP contribution is -2.37. The van der Waals surface area contributed by atoms with Gasteiger partial charge in [0.25, 0.3) is 0 Å². The van der Waals surface area contributed by atoms with Crippen molar-refractivity contribution >= 4 is 17.7 Å². The highest BCUT2D eigenvalue weighted by atomic mass is 32.2. The van der Waals surface area contributed by atoms with Gasteiger partial charge in [0.2, 0.25) is 6.29 Å². The third-order valence-electron chi connectivity index (χ3n) is 3.44. The molecule has 0 aromatic heterocycles. The van der Waals surface area contributed by atoms with Crippen LogP contribution in [0.1, 0.15) is 25.7 Å². The SMILES string of the molecule is COC(=O)C1(CCC2OC=CO2)CCSCC1. The van der Waals surface area contributed by atoms with Gasteiger partial charge in [0.1, 0.15) is 12.5 Å². The first-order valence-corrected chi connectivity index (χ1v) is 7.04. The number of thioether (sulfide) groups is 1. The molecular formula is C12H18O4S. The molecule has 0 atom stereocenters. The quantitative estimate of drug-likeness (QED) is 0.724. The van der Waals surface area contributed by atoms with Crippen molar-refractivity contribution in [2.45, 2.75) is 32.0 Å². The van der Waals surface area contributed by atoms with Gasteiger partial charge < -0.3 is 14.2 Å². The van der Waals surface area contributed by atoms with E-state index < -0.39 is 0 Å². The zero-order valence-corrected chi connectivity index (χ0v) is 10.8. The highest BCUT2D eigenvalue weighted by Crippen LogP contribution is 2.40. The Kier molecular flexibility index (Phi) is 4.20. The Hall–Kier alpha value is -0.840. The molecule has 1 saturated heterocycles. The molecule has 5 heteroatoms. The third-order valence-corrected chi connectivity index (χ3v) is 4.43. The average Bonchev–Trinajstić information content (AvgIpc) is 2.89. The summed E-state index contributed by atoms with van der Waals surface area (Å²) >= 11 is 1.90. The van der Waals surface area contributed by atoms with Crippen molar-refractivity contribution in [3.63, 3.8) is 0 Å². The summed E-state index contributed by atoms with van der Waals surface area (Å²) in [6, 6.07) is 0. The van der Waals surface area contributed by atoms with E-state index in [1.807, 2.05) is 11.8 Å². The molecule has 0 N–H and O–H groups in total. The summed E-state index contributed by atoms with van der Waals surface area (Å²) in [7, 11) is 1.47. The Balaban J connectivity index is 1.92. The van der Waals surface area contributed by atoms with E-state index in [-0.39, 0.29) is 17.7 Å². The molecule has 2 aliphatic rings. The smallest absolute Gasteiger partial charge is 0.311 e. The molecule has 0 unspecified atom stereocenters. The Morgan fingerprint density at radius 3 is 2.65 bits per heavy atom. The molecule has 1 fully saturated rings. The van der Waals surface area contributed by atoms with Crippen molar-refractivity contribution in [3.8, 4) is 0 Å². The largest absolute Gasteiger partial charge is 0.469 e. The Morgan fingerprint density at radius 1 is 1.41 bits per heavy atom. The van der Waals surface area contributed by atoms with Crippen LogP contribution in [0, 0.1) is 5.41 Å². The van der Waals surface area contributed by atoms with E-state index in [1.165, 1.54) is 7.11 Å². The van der Waals surface area contributed by atoms with Crippen molar-refractivity contribution in [1.29, 1.82) is 0 Å². The van der Waals surface area contributed by atoms with Gasteiger partial charge in [0.05, 0.1) is 12.5 Å². The summed E-state index contributed by atoms with van der Waals surface area (Å²) in [6.07, 6.45) is 6.15. The molecule has 2 heterocycles. The van der Waals surface area contributed by atoms with Gasteiger partial charge in [-0.25, -0.2) is 0 Å². The van der Waals surface area contributed by atoms with Crippen molar-refractivity contribution in [2.24, 2.45) is 5.41 Å². The van der Waals surface area contributed by atoms with Crippen LogP contribution in [-0.2, 0) is 19.0 Å². The summed E-state index contributed by atoms with van der Waals surface area (Å²) in [5.41, 5.74) is -0.324. The number of methoxy groups -OCH3 is 1. The van der Waals surface area contributed by atoms with E-state index in [9.17, 15) is 4.79 Å². The van der Waals surface area contributed by atoms with Crippen LogP contribution in [0.2, 0.25) is 0 Å². The van der Waals surface area contributed by atoms with E-state index in [0.717, 1.165) is 37.2 Å². The highest BCUT2D eigenvalue weighted by molar-refractivity contribution is 7.99. The molecule has 0 aliphatic carbocycles. The lowest BCUT2D eigenvalue weighted by Gasteiger charge is -2.34. The maximum Gasteiger partial charge on any atom is 0.311 e. The lowest BCUT2D eigenvalue weighted by molar-refractivity contribution is -0.155. The predicted molar refractivity (Wildman–Crippen MR) is 65.3 cm³/mol. The summed E-state index contributed by atoms with van der Waals surface area (Å²) < 4.78 is 15.4. The van der Waals surface area contributed by atoms with Crippen LogP contribution in [-0.4, -0.2) is 30.9 Å². The standard InChI is InChI=1S/C12H18O4S/c1-14-11(13)12(4-8-17-9-5-12)3-2-10-15-6-7-16-10/h6-7,10H,2-5,8-9H2,1H3. The molecule has 0 aromatic carbocycles. The Morgan fingerprint density at radius 2 is 2.06 bits per heavy atom. The molecule has 0 saturated carbocycles. The van der Waals surface area contributed by atoms with Crippen molar-refractivity contribution in [3.05, 3.63) is 12.5 Å². The molecule has 96 valence electrons. The lowest BCUT2D eigenvalue weighted by atomic mass is 9.77. The summed E-state index contributed by atoms with van der Waals surface area (Å²) in [5.74, 6) is 1.98. The molecule has 17 heavy (non-hydrogen) atoms. The molecule has 4 nitrogen and oxygen atoms in total. The zero-order chi connectivity index (χ0) is 12.1. The van der Waals surface area contributed by atoms with Gasteiger partial charge in [-0.15, -0.1) is 0 Å². The number of hydrogen-bond acceptors (Lipinski definition) is 5. The normalized spacial score (nSPS) is 22.9. The fraction of sp³-hybridized carbons (Fsp3) is 0.750.